The number of nitrogens with zero attached hydrogens (tertiary/aromatic N) is 1. The molecule has 2 aliphatic heterocycles. The molecule has 1 aromatic carbocycles. The molecule has 2 N–H and O–H groups in total. The molecule has 0 amide bonds. The second kappa shape index (κ2) is 4.04. The maximum atomic E-state index is 9.78. The van der Waals surface area contributed by atoms with Gasteiger partial charge in [0.1, 0.15) is 5.75 Å². The molecule has 3 nitrogen and oxygen atoms in total. The van der Waals surface area contributed by atoms with Gasteiger partial charge in [-0.2, -0.15) is 0 Å². The normalized spacial score (nSPS) is 22.7. The fraction of sp³-hybridized carbons (Fsp3) is 0.222. The lowest BCUT2D eigenvalue weighted by atomic mass is 9.82. The summed E-state index contributed by atoms with van der Waals surface area (Å²) in [4.78, 5) is 2.15. The summed E-state index contributed by atoms with van der Waals surface area (Å²) in [5.74, 6) is 0.316. The van der Waals surface area contributed by atoms with E-state index in [0.29, 0.717) is 5.75 Å². The lowest BCUT2D eigenvalue weighted by Crippen LogP contribution is -2.24. The highest BCUT2D eigenvalue weighted by Gasteiger charge is 2.33. The Morgan fingerprint density at radius 2 is 2.00 bits per heavy atom. The minimum atomic E-state index is 0.210. The predicted octanol–water partition coefficient (Wildman–Crippen LogP) is 3.63. The van der Waals surface area contributed by atoms with E-state index in [-0.39, 0.29) is 6.04 Å². The molecule has 3 heteroatoms. The van der Waals surface area contributed by atoms with Crippen molar-refractivity contribution in [2.75, 3.05) is 12.4 Å². The Labute approximate surface area is 124 Å². The van der Waals surface area contributed by atoms with E-state index in [1.807, 2.05) is 12.1 Å². The van der Waals surface area contributed by atoms with Crippen molar-refractivity contribution < 1.29 is 5.11 Å². The van der Waals surface area contributed by atoms with Gasteiger partial charge in [0, 0.05) is 35.8 Å². The highest BCUT2D eigenvalue weighted by Crippen LogP contribution is 2.46. The highest BCUT2D eigenvalue weighted by atomic mass is 16.3. The van der Waals surface area contributed by atoms with E-state index < -0.39 is 0 Å². The van der Waals surface area contributed by atoms with E-state index in [1.54, 1.807) is 6.07 Å². The van der Waals surface area contributed by atoms with Crippen LogP contribution < -0.4 is 5.32 Å². The molecule has 106 valence electrons. The van der Waals surface area contributed by atoms with E-state index in [0.717, 1.165) is 11.3 Å². The number of benzene rings is 1. The number of allylic oxidation sites excluding steroid dienone is 5. The topological polar surface area (TPSA) is 35.5 Å². The van der Waals surface area contributed by atoms with Crippen molar-refractivity contribution in [1.29, 1.82) is 0 Å². The molecule has 0 saturated carbocycles. The van der Waals surface area contributed by atoms with Gasteiger partial charge in [-0.15, -0.1) is 0 Å². The van der Waals surface area contributed by atoms with Gasteiger partial charge < -0.3 is 15.3 Å². The number of hydrogen-bond donors (Lipinski definition) is 2. The van der Waals surface area contributed by atoms with Gasteiger partial charge in [0.05, 0.1) is 6.04 Å². The second-order valence-electron chi connectivity index (χ2n) is 5.93. The summed E-state index contributed by atoms with van der Waals surface area (Å²) in [6, 6.07) is 5.75. The van der Waals surface area contributed by atoms with Crippen molar-refractivity contribution in [2.45, 2.75) is 19.9 Å². The van der Waals surface area contributed by atoms with Crippen molar-refractivity contribution in [3.63, 3.8) is 0 Å². The minimum Gasteiger partial charge on any atom is -0.508 e. The van der Waals surface area contributed by atoms with Crippen LogP contribution in [0.25, 0.3) is 5.57 Å². The number of phenolic OH excluding ortho intramolecular Hbond substituents is 1. The van der Waals surface area contributed by atoms with Crippen molar-refractivity contribution >= 4 is 11.3 Å². The summed E-state index contributed by atoms with van der Waals surface area (Å²) >= 11 is 0. The number of phenols is 1. The third-order valence-corrected chi connectivity index (χ3v) is 4.76. The van der Waals surface area contributed by atoms with Crippen molar-refractivity contribution in [1.82, 2.24) is 4.90 Å². The smallest absolute Gasteiger partial charge is 0.116 e. The van der Waals surface area contributed by atoms with Gasteiger partial charge in [-0.1, -0.05) is 0 Å². The van der Waals surface area contributed by atoms with Gasteiger partial charge in [-0.05, 0) is 60.9 Å². The Hall–Kier alpha value is -2.42. The number of hydrogen-bond acceptors (Lipinski definition) is 3. The van der Waals surface area contributed by atoms with Crippen LogP contribution in [0, 0.1) is 0 Å². The number of rotatable bonds is 0. The summed E-state index contributed by atoms with van der Waals surface area (Å²) in [5, 5.41) is 13.3. The van der Waals surface area contributed by atoms with E-state index in [9.17, 15) is 5.11 Å². The molecule has 21 heavy (non-hydrogen) atoms. The summed E-state index contributed by atoms with van der Waals surface area (Å²) in [6.07, 6.45) is 6.57. The Morgan fingerprint density at radius 3 is 2.81 bits per heavy atom. The number of nitrogens with one attached hydrogen (secondary N) is 1. The maximum absolute atomic E-state index is 9.78. The zero-order valence-electron chi connectivity index (χ0n) is 12.4. The molecule has 4 rings (SSSR count). The van der Waals surface area contributed by atoms with Crippen molar-refractivity contribution in [3.05, 3.63) is 64.5 Å². The quantitative estimate of drug-likeness (QED) is 0.711. The number of anilines is 1. The molecule has 0 bridgehead atoms. The van der Waals surface area contributed by atoms with E-state index in [2.05, 4.69) is 49.5 Å². The fourth-order valence-electron chi connectivity index (χ4n) is 3.40. The van der Waals surface area contributed by atoms with Gasteiger partial charge in [-0.3, -0.25) is 0 Å². The summed E-state index contributed by atoms with van der Waals surface area (Å²) in [6.45, 7) is 4.34. The molecule has 0 unspecified atom stereocenters. The average molecular weight is 278 g/mol. The van der Waals surface area contributed by atoms with Crippen LogP contribution in [0.1, 0.15) is 19.4 Å². The Morgan fingerprint density at radius 1 is 1.19 bits per heavy atom. The van der Waals surface area contributed by atoms with Gasteiger partial charge in [0.25, 0.3) is 0 Å². The summed E-state index contributed by atoms with van der Waals surface area (Å²) < 4.78 is 0. The van der Waals surface area contributed by atoms with Crippen LogP contribution in [0.2, 0.25) is 0 Å². The molecular formula is C18H18N2O. The molecule has 0 aromatic heterocycles. The molecule has 3 aliphatic rings. The molecular weight excluding hydrogens is 260 g/mol. The van der Waals surface area contributed by atoms with E-state index in [1.165, 1.54) is 28.0 Å². The van der Waals surface area contributed by atoms with Crippen LogP contribution in [0.4, 0.5) is 5.69 Å². The van der Waals surface area contributed by atoms with Crippen LogP contribution in [0.15, 0.2) is 59.0 Å². The second-order valence-corrected chi connectivity index (χ2v) is 5.93. The number of fused-ring (bicyclic) bond motifs is 4. The third-order valence-electron chi connectivity index (χ3n) is 4.76. The molecule has 0 spiro atoms. The lowest BCUT2D eigenvalue weighted by Gasteiger charge is -2.30. The van der Waals surface area contributed by atoms with E-state index in [4.69, 9.17) is 0 Å². The van der Waals surface area contributed by atoms with Crippen LogP contribution in [-0.2, 0) is 0 Å². The van der Waals surface area contributed by atoms with Gasteiger partial charge in [0.15, 0.2) is 0 Å². The monoisotopic (exact) mass is 278 g/mol. The van der Waals surface area contributed by atoms with Gasteiger partial charge in [0.2, 0.25) is 0 Å². The first-order chi connectivity index (χ1) is 10.1. The highest BCUT2D eigenvalue weighted by molar-refractivity contribution is 5.93. The van der Waals surface area contributed by atoms with Crippen LogP contribution in [0.5, 0.6) is 5.75 Å². The Kier molecular flexibility index (Phi) is 2.37. The van der Waals surface area contributed by atoms with Gasteiger partial charge >= 0.3 is 0 Å². The SMILES string of the molecule is CC1=C2C=CN(C)C(C)=C2C=C2c3cc(O)ccc3N[C@@H]21. The van der Waals surface area contributed by atoms with Crippen LogP contribution in [-0.4, -0.2) is 23.1 Å². The van der Waals surface area contributed by atoms with E-state index >= 15 is 0 Å². The van der Waals surface area contributed by atoms with Crippen LogP contribution >= 0.6 is 0 Å². The lowest BCUT2D eigenvalue weighted by molar-refractivity contribution is 0.475. The van der Waals surface area contributed by atoms with Crippen molar-refractivity contribution in [2.24, 2.45) is 0 Å². The first kappa shape index (κ1) is 12.3. The summed E-state index contributed by atoms with van der Waals surface area (Å²) in [7, 11) is 2.07. The largest absolute Gasteiger partial charge is 0.508 e. The summed E-state index contributed by atoms with van der Waals surface area (Å²) in [5.41, 5.74) is 8.63. The standard InChI is InChI=1S/C18H18N2O/c1-10-13-6-7-20(3)11(2)14(13)9-16-15-8-12(21)4-5-17(15)19-18(10)16/h4-9,18-19,21H,1-3H3/t18-/m1/s1. The zero-order chi connectivity index (χ0) is 14.7. The first-order valence-corrected chi connectivity index (χ1v) is 7.21. The maximum Gasteiger partial charge on any atom is 0.116 e. The molecule has 0 saturated heterocycles. The predicted molar refractivity (Wildman–Crippen MR) is 85.8 cm³/mol. The molecule has 1 atom stereocenters. The molecule has 1 aromatic rings. The number of aromatic hydroxyl groups is 1. The Bertz CT molecular complexity index is 780. The zero-order valence-corrected chi connectivity index (χ0v) is 12.4. The minimum absolute atomic E-state index is 0.210. The first-order valence-electron chi connectivity index (χ1n) is 7.21. The molecule has 0 radical (unpaired) electrons. The molecule has 0 fully saturated rings. The van der Waals surface area contributed by atoms with Crippen molar-refractivity contribution in [3.8, 4) is 5.75 Å². The third kappa shape index (κ3) is 1.60. The van der Waals surface area contributed by atoms with Crippen LogP contribution in [0.3, 0.4) is 0 Å². The van der Waals surface area contributed by atoms with Gasteiger partial charge in [-0.25, -0.2) is 0 Å². The fourth-order valence-corrected chi connectivity index (χ4v) is 3.40. The Balaban J connectivity index is 1.94. The molecule has 1 aliphatic carbocycles. The average Bonchev–Trinajstić information content (AvgIpc) is 2.82. The molecule has 2 heterocycles.